The van der Waals surface area contributed by atoms with Crippen LogP contribution in [0.5, 0.6) is 0 Å². The zero-order valence-electron chi connectivity index (χ0n) is 11.6. The largest absolute Gasteiger partial charge is 0.480 e. The number of aryl methyl sites for hydroxylation is 1. The summed E-state index contributed by atoms with van der Waals surface area (Å²) >= 11 is 2.69. The van der Waals surface area contributed by atoms with Crippen molar-refractivity contribution in [3.8, 4) is 0 Å². The molecule has 5 nitrogen and oxygen atoms in total. The molecule has 22 heavy (non-hydrogen) atoms. The van der Waals surface area contributed by atoms with Gasteiger partial charge in [-0.25, -0.2) is 0 Å². The minimum atomic E-state index is -0.968. The summed E-state index contributed by atoms with van der Waals surface area (Å²) in [7, 11) is 0. The van der Waals surface area contributed by atoms with Gasteiger partial charge in [0.2, 0.25) is 0 Å². The molecular weight excluding hydrogens is 320 g/mol. The summed E-state index contributed by atoms with van der Waals surface area (Å²) in [6.07, 6.45) is 0. The third-order valence-electron chi connectivity index (χ3n) is 3.03. The van der Waals surface area contributed by atoms with E-state index in [1.54, 1.807) is 10.6 Å². The smallest absolute Gasteiger partial charge is 0.323 e. The summed E-state index contributed by atoms with van der Waals surface area (Å²) in [5, 5.41) is 9.08. The number of para-hydroxylation sites is 1. The summed E-state index contributed by atoms with van der Waals surface area (Å²) < 4.78 is 2.46. The lowest BCUT2D eigenvalue weighted by molar-refractivity contribution is -0.137. The second-order valence-electron chi connectivity index (χ2n) is 4.66. The number of carbonyl (C=O) groups is 2. The Morgan fingerprint density at radius 2 is 1.95 bits per heavy atom. The van der Waals surface area contributed by atoms with E-state index in [9.17, 15) is 9.59 Å². The third-order valence-corrected chi connectivity index (χ3v) is 5.08. The first kappa shape index (κ1) is 14.7. The maximum atomic E-state index is 12.2. The van der Waals surface area contributed by atoms with Crippen LogP contribution in [0.4, 0.5) is 0 Å². The van der Waals surface area contributed by atoms with E-state index in [0.717, 1.165) is 15.1 Å². The van der Waals surface area contributed by atoms with Gasteiger partial charge >= 0.3 is 5.97 Å². The number of carboxylic acid groups (broad SMARTS) is 1. The number of hydrogen-bond acceptors (Lipinski definition) is 4. The Morgan fingerprint density at radius 3 is 2.64 bits per heavy atom. The SMILES string of the molecule is Cc1ccc(C(=O)/N=c2/sc3ccccc3n2CC(=O)O)s1. The van der Waals surface area contributed by atoms with Gasteiger partial charge in [-0.15, -0.1) is 11.3 Å². The lowest BCUT2D eigenvalue weighted by Gasteiger charge is -2.00. The topological polar surface area (TPSA) is 71.7 Å². The van der Waals surface area contributed by atoms with E-state index in [0.29, 0.717) is 9.68 Å². The second kappa shape index (κ2) is 5.86. The summed E-state index contributed by atoms with van der Waals surface area (Å²) in [4.78, 5) is 29.4. The quantitative estimate of drug-likeness (QED) is 0.801. The molecule has 0 aliphatic carbocycles. The number of nitrogens with zero attached hydrogens (tertiary/aromatic N) is 2. The van der Waals surface area contributed by atoms with E-state index in [1.165, 1.54) is 22.7 Å². The van der Waals surface area contributed by atoms with E-state index < -0.39 is 5.97 Å². The fraction of sp³-hybridized carbons (Fsp3) is 0.133. The van der Waals surface area contributed by atoms with Crippen LogP contribution in [0, 0.1) is 6.92 Å². The highest BCUT2D eigenvalue weighted by Gasteiger charge is 2.12. The first-order valence-electron chi connectivity index (χ1n) is 6.50. The number of aromatic nitrogens is 1. The van der Waals surface area contributed by atoms with Gasteiger partial charge in [0.25, 0.3) is 5.91 Å². The Bertz CT molecular complexity index is 934. The lowest BCUT2D eigenvalue weighted by Crippen LogP contribution is -2.21. The number of rotatable bonds is 3. The summed E-state index contributed by atoms with van der Waals surface area (Å²) in [5.41, 5.74) is 0.767. The van der Waals surface area contributed by atoms with Gasteiger partial charge in [0.05, 0.1) is 15.1 Å². The molecule has 0 spiro atoms. The van der Waals surface area contributed by atoms with Gasteiger partial charge in [-0.1, -0.05) is 23.5 Å². The van der Waals surface area contributed by atoms with E-state index >= 15 is 0 Å². The Kier molecular flexibility index (Phi) is 3.91. The predicted molar refractivity (Wildman–Crippen MR) is 86.4 cm³/mol. The van der Waals surface area contributed by atoms with Crippen LogP contribution < -0.4 is 4.80 Å². The van der Waals surface area contributed by atoms with E-state index in [4.69, 9.17) is 5.11 Å². The molecular formula is C15H12N2O3S2. The van der Waals surface area contributed by atoms with Crippen molar-refractivity contribution in [1.82, 2.24) is 4.57 Å². The number of amides is 1. The molecule has 0 bridgehead atoms. The maximum absolute atomic E-state index is 12.2. The van der Waals surface area contributed by atoms with Gasteiger partial charge < -0.3 is 9.67 Å². The second-order valence-corrected chi connectivity index (χ2v) is 6.96. The maximum Gasteiger partial charge on any atom is 0.323 e. The summed E-state index contributed by atoms with van der Waals surface area (Å²) in [6.45, 7) is 1.70. The Balaban J connectivity index is 2.14. The van der Waals surface area contributed by atoms with Crippen molar-refractivity contribution in [2.24, 2.45) is 4.99 Å². The van der Waals surface area contributed by atoms with Crippen molar-refractivity contribution < 1.29 is 14.7 Å². The molecule has 0 radical (unpaired) electrons. The Hall–Kier alpha value is -2.25. The molecule has 0 fully saturated rings. The van der Waals surface area contributed by atoms with Crippen LogP contribution >= 0.6 is 22.7 Å². The van der Waals surface area contributed by atoms with Gasteiger partial charge in [0.1, 0.15) is 6.54 Å². The number of benzene rings is 1. The molecule has 112 valence electrons. The highest BCUT2D eigenvalue weighted by molar-refractivity contribution is 7.16. The van der Waals surface area contributed by atoms with Gasteiger partial charge in [-0.2, -0.15) is 4.99 Å². The standard InChI is InChI=1S/C15H12N2O3S2/c1-9-6-7-12(21-9)14(20)16-15-17(8-13(18)19)10-4-2-3-5-11(10)22-15/h2-7H,8H2,1H3,(H,18,19)/b16-15+. The average molecular weight is 332 g/mol. The van der Waals surface area contributed by atoms with Crippen molar-refractivity contribution >= 4 is 44.8 Å². The number of hydrogen-bond donors (Lipinski definition) is 1. The molecule has 2 heterocycles. The molecule has 1 N–H and O–H groups in total. The number of aliphatic carboxylic acids is 1. The summed E-state index contributed by atoms with van der Waals surface area (Å²) in [6, 6.07) is 11.0. The Morgan fingerprint density at radius 1 is 1.18 bits per heavy atom. The molecule has 0 saturated carbocycles. The van der Waals surface area contributed by atoms with E-state index in [1.807, 2.05) is 37.3 Å². The molecule has 3 rings (SSSR count). The minimum Gasteiger partial charge on any atom is -0.480 e. The van der Waals surface area contributed by atoms with Crippen molar-refractivity contribution in [3.05, 3.63) is 51.0 Å². The molecule has 3 aromatic rings. The van der Waals surface area contributed by atoms with Crippen LogP contribution in [0.15, 0.2) is 41.4 Å². The van der Waals surface area contributed by atoms with Crippen LogP contribution in [-0.4, -0.2) is 21.6 Å². The fourth-order valence-electron chi connectivity index (χ4n) is 2.09. The average Bonchev–Trinajstić information content (AvgIpc) is 3.04. The third kappa shape index (κ3) is 2.86. The zero-order valence-corrected chi connectivity index (χ0v) is 13.3. The highest BCUT2D eigenvalue weighted by atomic mass is 32.1. The van der Waals surface area contributed by atoms with E-state index in [-0.39, 0.29) is 12.5 Å². The van der Waals surface area contributed by atoms with Crippen LogP contribution in [-0.2, 0) is 11.3 Å². The van der Waals surface area contributed by atoms with Crippen LogP contribution in [0.1, 0.15) is 14.5 Å². The van der Waals surface area contributed by atoms with Crippen molar-refractivity contribution in [3.63, 3.8) is 0 Å². The van der Waals surface area contributed by atoms with Gasteiger partial charge in [0, 0.05) is 4.88 Å². The predicted octanol–water partition coefficient (Wildman–Crippen LogP) is 2.90. The Labute approximate surface area is 133 Å². The van der Waals surface area contributed by atoms with Gasteiger partial charge in [-0.3, -0.25) is 9.59 Å². The number of carboxylic acids is 1. The van der Waals surface area contributed by atoms with Crippen molar-refractivity contribution in [2.45, 2.75) is 13.5 Å². The van der Waals surface area contributed by atoms with Crippen molar-refractivity contribution in [2.75, 3.05) is 0 Å². The molecule has 1 amide bonds. The molecule has 0 aliphatic rings. The molecule has 0 aliphatic heterocycles. The monoisotopic (exact) mass is 332 g/mol. The first-order chi connectivity index (χ1) is 10.5. The molecule has 2 aromatic heterocycles. The normalized spacial score (nSPS) is 12.0. The molecule has 7 heteroatoms. The fourth-order valence-corrected chi connectivity index (χ4v) is 3.87. The number of thiazole rings is 1. The zero-order chi connectivity index (χ0) is 15.7. The number of thiophene rings is 1. The van der Waals surface area contributed by atoms with Crippen molar-refractivity contribution in [1.29, 1.82) is 0 Å². The van der Waals surface area contributed by atoms with Crippen LogP contribution in [0.3, 0.4) is 0 Å². The number of carbonyl (C=O) groups excluding carboxylic acids is 1. The lowest BCUT2D eigenvalue weighted by atomic mass is 10.3. The highest BCUT2D eigenvalue weighted by Crippen LogP contribution is 2.18. The van der Waals surface area contributed by atoms with Gasteiger partial charge in [-0.05, 0) is 31.2 Å². The summed E-state index contributed by atoms with van der Waals surface area (Å²) in [5.74, 6) is -1.31. The first-order valence-corrected chi connectivity index (χ1v) is 8.13. The molecule has 0 unspecified atom stereocenters. The minimum absolute atomic E-state index is 0.223. The number of fused-ring (bicyclic) bond motifs is 1. The molecule has 0 saturated heterocycles. The van der Waals surface area contributed by atoms with Crippen LogP contribution in [0.2, 0.25) is 0 Å². The molecule has 0 atom stereocenters. The van der Waals surface area contributed by atoms with Gasteiger partial charge in [0.15, 0.2) is 4.80 Å². The molecule has 1 aromatic carbocycles. The van der Waals surface area contributed by atoms with Crippen LogP contribution in [0.25, 0.3) is 10.2 Å². The van der Waals surface area contributed by atoms with E-state index in [2.05, 4.69) is 4.99 Å².